The molecule has 0 unspecified atom stereocenters. The number of nitrogens with one attached hydrogen (secondary N) is 1. The van der Waals surface area contributed by atoms with Gasteiger partial charge >= 0.3 is 0 Å². The highest BCUT2D eigenvalue weighted by Gasteiger charge is 2.20. The molecule has 0 radical (unpaired) electrons. The van der Waals surface area contributed by atoms with Crippen molar-refractivity contribution in [1.29, 1.82) is 5.26 Å². The summed E-state index contributed by atoms with van der Waals surface area (Å²) in [5.41, 5.74) is 0.825. The van der Waals surface area contributed by atoms with Gasteiger partial charge in [0.2, 0.25) is 0 Å². The second-order valence-corrected chi connectivity index (χ2v) is 4.92. The molecule has 6 heteroatoms. The van der Waals surface area contributed by atoms with Crippen LogP contribution in [0.15, 0.2) is 35.1 Å². The lowest BCUT2D eigenvalue weighted by molar-refractivity contribution is -0.386. The van der Waals surface area contributed by atoms with Crippen LogP contribution in [-0.2, 0) is 0 Å². The highest BCUT2D eigenvalue weighted by Crippen LogP contribution is 2.27. The van der Waals surface area contributed by atoms with Crippen molar-refractivity contribution in [1.82, 2.24) is 4.98 Å². The molecule has 0 saturated carbocycles. The zero-order chi connectivity index (χ0) is 15.6. The summed E-state index contributed by atoms with van der Waals surface area (Å²) in [6, 6.07) is 9.66. The highest BCUT2D eigenvalue weighted by atomic mass is 16.6. The van der Waals surface area contributed by atoms with Crippen molar-refractivity contribution in [3.8, 4) is 17.2 Å². The van der Waals surface area contributed by atoms with Crippen LogP contribution in [0, 0.1) is 21.4 Å². The Hall–Kier alpha value is -2.94. The molecule has 0 fully saturated rings. The van der Waals surface area contributed by atoms with Crippen LogP contribution in [0.1, 0.15) is 31.0 Å². The van der Waals surface area contributed by atoms with Gasteiger partial charge in [0.25, 0.3) is 11.2 Å². The van der Waals surface area contributed by atoms with Crippen molar-refractivity contribution in [2.45, 2.75) is 19.8 Å². The van der Waals surface area contributed by atoms with Gasteiger partial charge in [-0.3, -0.25) is 14.9 Å². The molecule has 0 atom stereocenters. The molecule has 0 aliphatic carbocycles. The van der Waals surface area contributed by atoms with Crippen LogP contribution in [0.2, 0.25) is 0 Å². The zero-order valence-corrected chi connectivity index (χ0v) is 11.6. The quantitative estimate of drug-likeness (QED) is 0.691. The number of H-pyrrole nitrogens is 1. The lowest BCUT2D eigenvalue weighted by Gasteiger charge is -2.08. The molecule has 0 aliphatic heterocycles. The first-order valence-corrected chi connectivity index (χ1v) is 6.36. The predicted octanol–water partition coefficient (Wildman–Crippen LogP) is 2.95. The van der Waals surface area contributed by atoms with E-state index >= 15 is 0 Å². The number of benzene rings is 1. The molecule has 0 amide bonds. The molecule has 0 saturated heterocycles. The van der Waals surface area contributed by atoms with E-state index in [9.17, 15) is 14.9 Å². The molecule has 1 aromatic heterocycles. The maximum Gasteiger partial charge on any atom is 0.289 e. The van der Waals surface area contributed by atoms with Gasteiger partial charge in [-0.2, -0.15) is 5.26 Å². The van der Waals surface area contributed by atoms with E-state index in [1.54, 1.807) is 32.0 Å². The standard InChI is InChI=1S/C15H13N3O3/c1-9(2)14-13(18(20)21)7-12(15(19)17-14)11-5-3-4-10(6-11)8-16/h3-7,9H,1-2H3,(H,17,19). The van der Waals surface area contributed by atoms with Crippen molar-refractivity contribution in [2.75, 3.05) is 0 Å². The number of hydrogen-bond donors (Lipinski definition) is 1. The van der Waals surface area contributed by atoms with E-state index in [2.05, 4.69) is 4.98 Å². The minimum absolute atomic E-state index is 0.123. The summed E-state index contributed by atoms with van der Waals surface area (Å²) in [7, 11) is 0. The van der Waals surface area contributed by atoms with Crippen LogP contribution in [0.4, 0.5) is 5.69 Å². The third-order valence-electron chi connectivity index (χ3n) is 3.13. The number of rotatable bonds is 3. The van der Waals surface area contributed by atoms with Gasteiger partial charge in [0, 0.05) is 12.0 Å². The molecule has 2 aromatic rings. The molecule has 0 bridgehead atoms. The molecular weight excluding hydrogens is 270 g/mol. The van der Waals surface area contributed by atoms with Gasteiger partial charge in [0.1, 0.15) is 0 Å². The van der Waals surface area contributed by atoms with Gasteiger partial charge in [-0.15, -0.1) is 0 Å². The summed E-state index contributed by atoms with van der Waals surface area (Å²) in [6.07, 6.45) is 0. The summed E-state index contributed by atoms with van der Waals surface area (Å²) in [6.45, 7) is 3.54. The second-order valence-electron chi connectivity index (χ2n) is 4.92. The molecule has 1 aromatic carbocycles. The van der Waals surface area contributed by atoms with Crippen LogP contribution in [0.25, 0.3) is 11.1 Å². The van der Waals surface area contributed by atoms with Crippen LogP contribution in [0.5, 0.6) is 0 Å². The summed E-state index contributed by atoms with van der Waals surface area (Å²) >= 11 is 0. The predicted molar refractivity (Wildman–Crippen MR) is 78.0 cm³/mol. The van der Waals surface area contributed by atoms with Gasteiger partial charge < -0.3 is 4.98 Å². The maximum absolute atomic E-state index is 12.2. The van der Waals surface area contributed by atoms with Crippen molar-refractivity contribution < 1.29 is 4.92 Å². The van der Waals surface area contributed by atoms with E-state index < -0.39 is 10.5 Å². The Labute approximate surface area is 120 Å². The number of aromatic amines is 1. The van der Waals surface area contributed by atoms with Crippen molar-refractivity contribution in [3.05, 3.63) is 62.1 Å². The Balaban J connectivity index is 2.70. The topological polar surface area (TPSA) is 99.8 Å². The molecule has 2 rings (SSSR count). The average molecular weight is 283 g/mol. The SMILES string of the molecule is CC(C)c1[nH]c(=O)c(-c2cccc(C#N)c2)cc1[N+](=O)[O-]. The maximum atomic E-state index is 12.2. The zero-order valence-electron chi connectivity index (χ0n) is 11.6. The largest absolute Gasteiger partial charge is 0.319 e. The molecule has 1 N–H and O–H groups in total. The lowest BCUT2D eigenvalue weighted by atomic mass is 10.0. The van der Waals surface area contributed by atoms with E-state index in [1.165, 1.54) is 12.1 Å². The molecule has 106 valence electrons. The Morgan fingerprint density at radius 1 is 1.33 bits per heavy atom. The van der Waals surface area contributed by atoms with Crippen LogP contribution in [-0.4, -0.2) is 9.91 Å². The molecule has 0 spiro atoms. The fraction of sp³-hybridized carbons (Fsp3) is 0.200. The smallest absolute Gasteiger partial charge is 0.289 e. The van der Waals surface area contributed by atoms with Crippen molar-refractivity contribution in [2.24, 2.45) is 0 Å². The first kappa shape index (κ1) is 14.5. The number of hydrogen-bond acceptors (Lipinski definition) is 4. The molecule has 6 nitrogen and oxygen atoms in total. The normalized spacial score (nSPS) is 10.4. The molecule has 21 heavy (non-hydrogen) atoms. The number of nitriles is 1. The van der Waals surface area contributed by atoms with Crippen LogP contribution in [0.3, 0.4) is 0 Å². The van der Waals surface area contributed by atoms with Gasteiger partial charge in [-0.1, -0.05) is 26.0 Å². The summed E-state index contributed by atoms with van der Waals surface area (Å²) in [4.78, 5) is 25.4. The average Bonchev–Trinajstić information content (AvgIpc) is 2.46. The minimum Gasteiger partial charge on any atom is -0.319 e. The Kier molecular flexibility index (Phi) is 3.85. The fourth-order valence-corrected chi connectivity index (χ4v) is 2.10. The molecule has 0 aliphatic rings. The minimum atomic E-state index is -0.511. The molecule has 1 heterocycles. The number of aromatic nitrogens is 1. The summed E-state index contributed by atoms with van der Waals surface area (Å²) in [5, 5.41) is 20.1. The summed E-state index contributed by atoms with van der Waals surface area (Å²) < 4.78 is 0. The first-order valence-electron chi connectivity index (χ1n) is 6.36. The lowest BCUT2D eigenvalue weighted by Crippen LogP contribution is -2.14. The summed E-state index contributed by atoms with van der Waals surface area (Å²) in [5.74, 6) is -0.169. The highest BCUT2D eigenvalue weighted by molar-refractivity contribution is 5.67. The third-order valence-corrected chi connectivity index (χ3v) is 3.13. The van der Waals surface area contributed by atoms with Crippen LogP contribution >= 0.6 is 0 Å². The van der Waals surface area contributed by atoms with E-state index in [0.717, 1.165) is 0 Å². The number of nitro groups is 1. The van der Waals surface area contributed by atoms with E-state index in [4.69, 9.17) is 5.26 Å². The Morgan fingerprint density at radius 3 is 2.62 bits per heavy atom. The van der Waals surface area contributed by atoms with Gasteiger partial charge in [0.05, 0.1) is 27.8 Å². The van der Waals surface area contributed by atoms with E-state index in [1.807, 2.05) is 6.07 Å². The second kappa shape index (κ2) is 5.59. The van der Waals surface area contributed by atoms with Crippen molar-refractivity contribution >= 4 is 5.69 Å². The Morgan fingerprint density at radius 2 is 2.05 bits per heavy atom. The first-order chi connectivity index (χ1) is 9.93. The van der Waals surface area contributed by atoms with E-state index in [-0.39, 0.29) is 17.2 Å². The number of nitrogens with zero attached hydrogens (tertiary/aromatic N) is 2. The number of pyridine rings is 1. The van der Waals surface area contributed by atoms with Crippen molar-refractivity contribution in [3.63, 3.8) is 0 Å². The third kappa shape index (κ3) is 2.82. The van der Waals surface area contributed by atoms with E-state index in [0.29, 0.717) is 16.8 Å². The van der Waals surface area contributed by atoms with Gasteiger partial charge in [0.15, 0.2) is 0 Å². The fourth-order valence-electron chi connectivity index (χ4n) is 2.10. The van der Waals surface area contributed by atoms with Gasteiger partial charge in [-0.25, -0.2) is 0 Å². The molecular formula is C15H13N3O3. The Bertz CT molecular complexity index is 801. The van der Waals surface area contributed by atoms with Gasteiger partial charge in [-0.05, 0) is 17.7 Å². The van der Waals surface area contributed by atoms with Crippen LogP contribution < -0.4 is 5.56 Å². The monoisotopic (exact) mass is 283 g/mol.